The van der Waals surface area contributed by atoms with Crippen LogP contribution >= 0.6 is 0 Å². The Bertz CT molecular complexity index is 3810. The predicted octanol–water partition coefficient (Wildman–Crippen LogP) is 12.8. The minimum atomic E-state index is 0.596. The molecule has 0 spiro atoms. The lowest BCUT2D eigenvalue weighted by Crippen LogP contribution is -2.29. The number of nitrogens with one attached hydrogen (secondary N) is 5. The molecule has 5 N–H and O–H groups in total. The lowest BCUT2D eigenvalue weighted by molar-refractivity contribution is 0.331. The Morgan fingerprint density at radius 1 is 0.654 bits per heavy atom. The molecule has 10 heterocycles. The van der Waals surface area contributed by atoms with E-state index in [1.807, 2.05) is 87.9 Å². The van der Waals surface area contributed by atoms with Gasteiger partial charge in [0.1, 0.15) is 22.4 Å². The summed E-state index contributed by atoms with van der Waals surface area (Å²) >= 11 is 0. The number of hydrogen-bond acceptors (Lipinski definition) is 11. The van der Waals surface area contributed by atoms with Crippen LogP contribution in [0.15, 0.2) is 134 Å². The Kier molecular flexibility index (Phi) is 15.5. The van der Waals surface area contributed by atoms with Crippen molar-refractivity contribution in [3.63, 3.8) is 0 Å². The van der Waals surface area contributed by atoms with Crippen molar-refractivity contribution in [2.75, 3.05) is 49.1 Å². The highest BCUT2D eigenvalue weighted by atomic mass is 15.2. The number of hydrogen-bond donors (Lipinski definition) is 5. The lowest BCUT2D eigenvalue weighted by Gasteiger charge is -2.28. The SMILES string of the molecule is C#C/C(=C\C(=C/C)c1cc2c(-c3nc4c(N5CCCCC5)cccc4[nH]3)n[nH]c2cn1)NC(=C)c1ccccc1.CC.c1cc(N2CCCCC2)c2nc(-c3n[nH]c4cnc(-c5cncc(CN6CCCC6)c5)cc34)[nH]c2c1. The molecule has 3 fully saturated rings. The molecule has 3 aliphatic heterocycles. The lowest BCUT2D eigenvalue weighted by atomic mass is 10.1. The van der Waals surface area contributed by atoms with Crippen molar-refractivity contribution in [2.24, 2.45) is 0 Å². The molecule has 3 aliphatic rings. The van der Waals surface area contributed by atoms with Gasteiger partial charge in [0, 0.05) is 67.2 Å². The molecule has 0 amide bonds. The van der Waals surface area contributed by atoms with E-state index >= 15 is 0 Å². The summed E-state index contributed by atoms with van der Waals surface area (Å²) in [6.07, 6.45) is 27.4. The van der Waals surface area contributed by atoms with Crippen LogP contribution in [0.3, 0.4) is 0 Å². The summed E-state index contributed by atoms with van der Waals surface area (Å²) < 4.78 is 0. The highest BCUT2D eigenvalue weighted by molar-refractivity contribution is 5.98. The maximum atomic E-state index is 5.86. The van der Waals surface area contributed by atoms with E-state index < -0.39 is 0 Å². The maximum Gasteiger partial charge on any atom is 0.159 e. The third-order valence-electron chi connectivity index (χ3n) is 14.9. The molecule has 3 saturated heterocycles. The number of benzene rings is 3. The number of anilines is 2. The Morgan fingerprint density at radius 2 is 1.23 bits per heavy atom. The summed E-state index contributed by atoms with van der Waals surface area (Å²) in [5, 5.41) is 20.7. The monoisotopic (exact) mass is 1030 g/mol. The first kappa shape index (κ1) is 51.2. The van der Waals surface area contributed by atoms with Crippen molar-refractivity contribution in [3.05, 3.63) is 151 Å². The summed E-state index contributed by atoms with van der Waals surface area (Å²) in [6, 6.07) is 28.9. The molecule has 0 unspecified atom stereocenters. The number of fused-ring (bicyclic) bond motifs is 4. The topological polar surface area (TPSA) is 175 Å². The van der Waals surface area contributed by atoms with E-state index in [1.165, 1.54) is 81.4 Å². The van der Waals surface area contributed by atoms with Crippen molar-refractivity contribution >= 4 is 66.5 Å². The summed E-state index contributed by atoms with van der Waals surface area (Å²) in [4.78, 5) is 38.4. The van der Waals surface area contributed by atoms with Crippen LogP contribution in [0, 0.1) is 12.3 Å². The quantitative estimate of drug-likeness (QED) is 0.0582. The normalized spacial score (nSPS) is 15.3. The molecule has 15 nitrogen and oxygen atoms in total. The number of para-hydroxylation sites is 2. The standard InChI is InChI=1S/C33H31N7.C28H30N8.C2H6/c1-4-23(19-25(5-2)35-22(3)24-13-8-6-9-14-24)28-20-26-29(21-34-28)38-39-31(26)33-36-27-15-12-16-30(32(27)37-33)40-17-10-7-11-18-40;1-2-11-36(12-3-1)25-8-6-7-22-27(25)32-28(31-22)26-21-14-23(30-17-24(21)33-34-26)20-13-19(15-29-16-20)18-35-9-4-5-10-35;1-2/h2,4,6,8-9,12-16,19-21,35H,3,7,10-11,17-18H2,1H3,(H,36,37)(H,38,39);6-8,13-17H,1-5,9-12,18H2,(H,31,32)(H,33,34);1-2H3/b23-4+,25-19+;;. The van der Waals surface area contributed by atoms with Gasteiger partial charge in [-0.25, -0.2) is 9.97 Å². The molecule has 0 radical (unpaired) electrons. The number of imidazole rings is 2. The molecule has 394 valence electrons. The van der Waals surface area contributed by atoms with Gasteiger partial charge in [-0.15, -0.1) is 6.42 Å². The fraction of sp³-hybridized carbons (Fsp3) is 0.286. The van der Waals surface area contributed by atoms with Crippen LogP contribution < -0.4 is 15.1 Å². The number of rotatable bonds is 12. The van der Waals surface area contributed by atoms with Gasteiger partial charge < -0.3 is 25.1 Å². The van der Waals surface area contributed by atoms with Gasteiger partial charge in [0.15, 0.2) is 11.6 Å². The number of aromatic amines is 4. The van der Waals surface area contributed by atoms with Crippen molar-refractivity contribution in [1.82, 2.24) is 65.5 Å². The average Bonchev–Trinajstić information content (AvgIpc) is 4.50. The van der Waals surface area contributed by atoms with E-state index in [1.54, 1.807) is 6.20 Å². The third-order valence-corrected chi connectivity index (χ3v) is 14.9. The van der Waals surface area contributed by atoms with E-state index in [-0.39, 0.29) is 0 Å². The number of likely N-dealkylation sites (tertiary alicyclic amines) is 1. The zero-order valence-electron chi connectivity index (χ0n) is 44.9. The van der Waals surface area contributed by atoms with Crippen molar-refractivity contribution in [2.45, 2.75) is 78.7 Å². The molecule has 0 bridgehead atoms. The van der Waals surface area contributed by atoms with Gasteiger partial charge in [-0.2, -0.15) is 10.2 Å². The van der Waals surface area contributed by atoms with Gasteiger partial charge in [-0.05, 0) is 137 Å². The van der Waals surface area contributed by atoms with Crippen molar-refractivity contribution in [3.8, 4) is 46.6 Å². The number of pyridine rings is 3. The van der Waals surface area contributed by atoms with Crippen molar-refractivity contribution in [1.29, 1.82) is 0 Å². The number of H-pyrrole nitrogens is 4. The fourth-order valence-electron chi connectivity index (χ4n) is 10.9. The van der Waals surface area contributed by atoms with E-state index in [2.05, 4.69) is 121 Å². The van der Waals surface area contributed by atoms with E-state index in [9.17, 15) is 0 Å². The van der Waals surface area contributed by atoms with Gasteiger partial charge in [-0.3, -0.25) is 30.0 Å². The van der Waals surface area contributed by atoms with E-state index in [0.29, 0.717) is 5.70 Å². The zero-order valence-corrected chi connectivity index (χ0v) is 44.9. The second-order valence-corrected chi connectivity index (χ2v) is 20.0. The van der Waals surface area contributed by atoms with Crippen LogP contribution in [0.5, 0.6) is 0 Å². The second kappa shape index (κ2) is 23.6. The molecule has 0 atom stereocenters. The third kappa shape index (κ3) is 10.9. The molecule has 10 aromatic rings. The van der Waals surface area contributed by atoms with Gasteiger partial charge in [0.05, 0.1) is 62.9 Å². The van der Waals surface area contributed by atoms with Gasteiger partial charge in [-0.1, -0.05) is 74.9 Å². The molecule has 78 heavy (non-hydrogen) atoms. The molecule has 7 aromatic heterocycles. The Hall–Kier alpha value is -8.87. The zero-order chi connectivity index (χ0) is 53.4. The fourth-order valence-corrected chi connectivity index (χ4v) is 10.9. The first-order chi connectivity index (χ1) is 38.5. The Balaban J connectivity index is 0.000000161. The van der Waals surface area contributed by atoms with Crippen LogP contribution in [0.2, 0.25) is 0 Å². The summed E-state index contributed by atoms with van der Waals surface area (Å²) in [5.41, 5.74) is 16.8. The molecular weight excluding hydrogens is 967 g/mol. The van der Waals surface area contributed by atoms with Gasteiger partial charge in [0.25, 0.3) is 0 Å². The van der Waals surface area contributed by atoms with Crippen LogP contribution in [-0.2, 0) is 6.54 Å². The maximum absolute atomic E-state index is 5.86. The number of piperidine rings is 2. The molecule has 0 aliphatic carbocycles. The Labute approximate surface area is 455 Å². The smallest absolute Gasteiger partial charge is 0.159 e. The summed E-state index contributed by atoms with van der Waals surface area (Å²) in [7, 11) is 0. The Morgan fingerprint density at radius 3 is 1.82 bits per heavy atom. The number of allylic oxidation sites excluding steroid dienone is 4. The van der Waals surface area contributed by atoms with Crippen LogP contribution in [0.25, 0.3) is 89.4 Å². The van der Waals surface area contributed by atoms with Crippen molar-refractivity contribution < 1.29 is 0 Å². The molecule has 0 saturated carbocycles. The highest BCUT2D eigenvalue weighted by Gasteiger charge is 2.22. The molecule has 13 rings (SSSR count). The van der Waals surface area contributed by atoms with E-state index in [4.69, 9.17) is 21.4 Å². The first-order valence-corrected chi connectivity index (χ1v) is 27.7. The molecule has 3 aromatic carbocycles. The molecular formula is C63H67N15. The number of nitrogens with zero attached hydrogens (tertiary/aromatic N) is 10. The average molecular weight is 1030 g/mol. The number of aromatic nitrogens is 11. The predicted molar refractivity (Wildman–Crippen MR) is 318 cm³/mol. The minimum Gasteiger partial charge on any atom is -0.370 e. The molecule has 15 heteroatoms. The van der Waals surface area contributed by atoms with Crippen LogP contribution in [0.1, 0.15) is 89.0 Å². The minimum absolute atomic E-state index is 0.596. The number of terminal acetylenes is 1. The first-order valence-electron chi connectivity index (χ1n) is 27.7. The van der Waals surface area contributed by atoms with E-state index in [0.717, 1.165) is 133 Å². The largest absolute Gasteiger partial charge is 0.370 e. The van der Waals surface area contributed by atoms with Gasteiger partial charge >= 0.3 is 0 Å². The highest BCUT2D eigenvalue weighted by Crippen LogP contribution is 2.35. The summed E-state index contributed by atoms with van der Waals surface area (Å²) in [5.74, 6) is 4.24. The van der Waals surface area contributed by atoms with Crippen LogP contribution in [-0.4, -0.2) is 99.5 Å². The van der Waals surface area contributed by atoms with Gasteiger partial charge in [0.2, 0.25) is 0 Å². The summed E-state index contributed by atoms with van der Waals surface area (Å²) in [6.45, 7) is 17.7. The van der Waals surface area contributed by atoms with Crippen LogP contribution in [0.4, 0.5) is 11.4 Å². The second-order valence-electron chi connectivity index (χ2n) is 20.0.